The van der Waals surface area contributed by atoms with E-state index in [-0.39, 0.29) is 17.5 Å². The van der Waals surface area contributed by atoms with Crippen LogP contribution >= 0.6 is 0 Å². The van der Waals surface area contributed by atoms with Gasteiger partial charge in [-0.2, -0.15) is 0 Å². The van der Waals surface area contributed by atoms with Crippen LogP contribution in [0.1, 0.15) is 24.0 Å². The van der Waals surface area contributed by atoms with Crippen molar-refractivity contribution in [2.45, 2.75) is 38.5 Å². The van der Waals surface area contributed by atoms with Gasteiger partial charge in [0.05, 0.1) is 29.3 Å². The van der Waals surface area contributed by atoms with Gasteiger partial charge in [0.15, 0.2) is 9.84 Å². The lowest BCUT2D eigenvalue weighted by molar-refractivity contribution is 0.0735. The van der Waals surface area contributed by atoms with Crippen molar-refractivity contribution in [3.63, 3.8) is 0 Å². The molecule has 2 aliphatic heterocycles. The first kappa shape index (κ1) is 13.9. The van der Waals surface area contributed by atoms with E-state index >= 15 is 0 Å². The molecule has 1 saturated heterocycles. The Morgan fingerprint density at radius 1 is 1.45 bits per heavy atom. The molecule has 2 atom stereocenters. The standard InChI is InChI=1S/C13H19N3O3S/c1-2-13-14-5-9-3-4-16(6-10(9)15-13)11-7-20(18,19)8-12(11)17/h5,11-12,17H,2-4,6-8H2,1H3/t11-,12+/m0/s1. The highest BCUT2D eigenvalue weighted by molar-refractivity contribution is 7.91. The van der Waals surface area contributed by atoms with E-state index in [0.29, 0.717) is 6.54 Å². The van der Waals surface area contributed by atoms with Crippen LogP contribution in [-0.2, 0) is 29.2 Å². The summed E-state index contributed by atoms with van der Waals surface area (Å²) in [5, 5.41) is 9.97. The zero-order chi connectivity index (χ0) is 14.3. The Morgan fingerprint density at radius 2 is 2.25 bits per heavy atom. The summed E-state index contributed by atoms with van der Waals surface area (Å²) in [6.45, 7) is 3.36. The molecule has 20 heavy (non-hydrogen) atoms. The molecular weight excluding hydrogens is 278 g/mol. The highest BCUT2D eigenvalue weighted by Crippen LogP contribution is 2.24. The molecule has 0 saturated carbocycles. The Balaban J connectivity index is 1.81. The fourth-order valence-corrected chi connectivity index (χ4v) is 4.81. The SMILES string of the molecule is CCc1ncc2c(n1)CN([C@H]1CS(=O)(=O)C[C@H]1O)CC2. The zero-order valence-electron chi connectivity index (χ0n) is 11.5. The van der Waals surface area contributed by atoms with Crippen LogP contribution in [0.4, 0.5) is 0 Å². The molecule has 2 aliphatic rings. The van der Waals surface area contributed by atoms with E-state index in [1.807, 2.05) is 18.0 Å². The second kappa shape index (κ2) is 5.05. The van der Waals surface area contributed by atoms with E-state index < -0.39 is 15.9 Å². The van der Waals surface area contributed by atoms with E-state index in [4.69, 9.17) is 0 Å². The molecule has 1 N–H and O–H groups in total. The van der Waals surface area contributed by atoms with E-state index in [9.17, 15) is 13.5 Å². The van der Waals surface area contributed by atoms with Gasteiger partial charge >= 0.3 is 0 Å². The van der Waals surface area contributed by atoms with Crippen LogP contribution in [0.5, 0.6) is 0 Å². The molecule has 1 aromatic heterocycles. The normalized spacial score (nSPS) is 29.3. The number of nitrogens with zero attached hydrogens (tertiary/aromatic N) is 3. The minimum Gasteiger partial charge on any atom is -0.390 e. The molecule has 0 aromatic carbocycles. The van der Waals surface area contributed by atoms with E-state index in [1.54, 1.807) is 0 Å². The molecule has 0 amide bonds. The fraction of sp³-hybridized carbons (Fsp3) is 0.692. The number of rotatable bonds is 2. The van der Waals surface area contributed by atoms with Crippen molar-refractivity contribution in [3.05, 3.63) is 23.3 Å². The van der Waals surface area contributed by atoms with Gasteiger partial charge in [-0.25, -0.2) is 18.4 Å². The average molecular weight is 297 g/mol. The minimum absolute atomic E-state index is 0.0508. The zero-order valence-corrected chi connectivity index (χ0v) is 12.3. The van der Waals surface area contributed by atoms with Gasteiger partial charge in [0.25, 0.3) is 0 Å². The van der Waals surface area contributed by atoms with Crippen molar-refractivity contribution >= 4 is 9.84 Å². The monoisotopic (exact) mass is 297 g/mol. The predicted octanol–water partition coefficient (Wildman–Crippen LogP) is -0.445. The van der Waals surface area contributed by atoms with Gasteiger partial charge in [-0.05, 0) is 12.0 Å². The summed E-state index contributed by atoms with van der Waals surface area (Å²) in [6, 6.07) is -0.298. The lowest BCUT2D eigenvalue weighted by Gasteiger charge is -2.33. The molecule has 0 bridgehead atoms. The summed E-state index contributed by atoms with van der Waals surface area (Å²) >= 11 is 0. The maximum Gasteiger partial charge on any atom is 0.154 e. The summed E-state index contributed by atoms with van der Waals surface area (Å²) in [4.78, 5) is 10.9. The third kappa shape index (κ3) is 2.57. The number of sulfone groups is 1. The molecule has 0 spiro atoms. The minimum atomic E-state index is -3.11. The van der Waals surface area contributed by atoms with Crippen LogP contribution in [0.3, 0.4) is 0 Å². The van der Waals surface area contributed by atoms with Crippen molar-refractivity contribution in [3.8, 4) is 0 Å². The topological polar surface area (TPSA) is 83.4 Å². The predicted molar refractivity (Wildman–Crippen MR) is 74.0 cm³/mol. The average Bonchev–Trinajstić information content (AvgIpc) is 2.70. The maximum absolute atomic E-state index is 11.6. The van der Waals surface area contributed by atoms with Crippen LogP contribution < -0.4 is 0 Å². The van der Waals surface area contributed by atoms with E-state index in [0.717, 1.165) is 36.5 Å². The Morgan fingerprint density at radius 3 is 2.90 bits per heavy atom. The van der Waals surface area contributed by atoms with Gasteiger partial charge in [0, 0.05) is 25.7 Å². The van der Waals surface area contributed by atoms with Gasteiger partial charge in [-0.3, -0.25) is 4.90 Å². The molecule has 1 aromatic rings. The number of hydrogen-bond acceptors (Lipinski definition) is 6. The molecule has 3 rings (SSSR count). The molecule has 0 radical (unpaired) electrons. The van der Waals surface area contributed by atoms with Crippen LogP contribution in [0.25, 0.3) is 0 Å². The Hall–Kier alpha value is -1.05. The van der Waals surface area contributed by atoms with Crippen molar-refractivity contribution in [1.82, 2.24) is 14.9 Å². The van der Waals surface area contributed by atoms with E-state index in [1.165, 1.54) is 0 Å². The number of aromatic nitrogens is 2. The highest BCUT2D eigenvalue weighted by atomic mass is 32.2. The third-order valence-corrected chi connectivity index (χ3v) is 5.80. The smallest absolute Gasteiger partial charge is 0.154 e. The highest BCUT2D eigenvalue weighted by Gasteiger charge is 2.40. The van der Waals surface area contributed by atoms with Crippen molar-refractivity contribution < 1.29 is 13.5 Å². The van der Waals surface area contributed by atoms with Gasteiger partial charge in [0.1, 0.15) is 5.82 Å². The molecule has 6 nitrogen and oxygen atoms in total. The quantitative estimate of drug-likeness (QED) is 0.796. The summed E-state index contributed by atoms with van der Waals surface area (Å²) in [6.07, 6.45) is 2.69. The van der Waals surface area contributed by atoms with Gasteiger partial charge in [-0.15, -0.1) is 0 Å². The fourth-order valence-electron chi connectivity index (χ4n) is 2.98. The third-order valence-electron chi connectivity index (χ3n) is 4.10. The maximum atomic E-state index is 11.6. The molecule has 1 fully saturated rings. The van der Waals surface area contributed by atoms with Crippen LogP contribution in [-0.4, -0.2) is 58.6 Å². The van der Waals surface area contributed by atoms with Crippen LogP contribution in [0.15, 0.2) is 6.20 Å². The Labute approximate surface area is 118 Å². The Kier molecular flexibility index (Phi) is 3.51. The molecule has 0 unspecified atom stereocenters. The molecule has 3 heterocycles. The lowest BCUT2D eigenvalue weighted by atomic mass is 10.0. The molecular formula is C13H19N3O3S. The first-order valence-corrected chi connectivity index (χ1v) is 8.77. The number of aryl methyl sites for hydroxylation is 1. The summed E-state index contributed by atoms with van der Waals surface area (Å²) in [5.74, 6) is 0.741. The molecule has 0 aliphatic carbocycles. The van der Waals surface area contributed by atoms with Crippen molar-refractivity contribution in [2.75, 3.05) is 18.1 Å². The summed E-state index contributed by atoms with van der Waals surface area (Å²) in [5.41, 5.74) is 2.10. The van der Waals surface area contributed by atoms with Gasteiger partial charge in [-0.1, -0.05) is 6.92 Å². The summed E-state index contributed by atoms with van der Waals surface area (Å²) in [7, 11) is -3.11. The van der Waals surface area contributed by atoms with Gasteiger partial charge in [0.2, 0.25) is 0 Å². The molecule has 7 heteroatoms. The van der Waals surface area contributed by atoms with Crippen LogP contribution in [0, 0.1) is 0 Å². The second-order valence-corrected chi connectivity index (χ2v) is 7.70. The van der Waals surface area contributed by atoms with Gasteiger partial charge < -0.3 is 5.11 Å². The number of hydrogen-bond donors (Lipinski definition) is 1. The van der Waals surface area contributed by atoms with E-state index in [2.05, 4.69) is 9.97 Å². The van der Waals surface area contributed by atoms with Crippen molar-refractivity contribution in [1.29, 1.82) is 0 Å². The number of aliphatic hydroxyl groups excluding tert-OH is 1. The number of aliphatic hydroxyl groups is 1. The van der Waals surface area contributed by atoms with Crippen molar-refractivity contribution in [2.24, 2.45) is 0 Å². The number of fused-ring (bicyclic) bond motifs is 1. The first-order chi connectivity index (χ1) is 9.48. The second-order valence-electron chi connectivity index (χ2n) is 5.54. The lowest BCUT2D eigenvalue weighted by Crippen LogP contribution is -2.45. The summed E-state index contributed by atoms with van der Waals surface area (Å²) < 4.78 is 23.3. The van der Waals surface area contributed by atoms with Crippen LogP contribution in [0.2, 0.25) is 0 Å². The Bertz CT molecular complexity index is 617. The largest absolute Gasteiger partial charge is 0.390 e. The first-order valence-electron chi connectivity index (χ1n) is 6.94. The molecule has 110 valence electrons.